The van der Waals surface area contributed by atoms with Crippen molar-refractivity contribution in [3.05, 3.63) is 79.3 Å². The zero-order valence-corrected chi connectivity index (χ0v) is 16.6. The zero-order chi connectivity index (χ0) is 20.4. The Morgan fingerprint density at radius 3 is 2.79 bits per heavy atom. The Morgan fingerprint density at radius 1 is 1.10 bits per heavy atom. The molecule has 2 aromatic carbocycles. The Bertz CT molecular complexity index is 1350. The SMILES string of the molecule is O=C(CCn1nnc2ccccc2c1=O)OCc1cc(=O)oc2cc(Br)ccc12. The Balaban J connectivity index is 1.45. The molecule has 0 fully saturated rings. The van der Waals surface area contributed by atoms with Gasteiger partial charge < -0.3 is 9.15 Å². The average molecular weight is 456 g/mol. The van der Waals surface area contributed by atoms with Gasteiger partial charge in [-0.15, -0.1) is 5.10 Å². The zero-order valence-electron chi connectivity index (χ0n) is 15.0. The van der Waals surface area contributed by atoms with Crippen LogP contribution >= 0.6 is 15.9 Å². The van der Waals surface area contributed by atoms with Gasteiger partial charge >= 0.3 is 11.6 Å². The number of esters is 1. The molecule has 146 valence electrons. The Morgan fingerprint density at radius 2 is 1.93 bits per heavy atom. The van der Waals surface area contributed by atoms with Crippen molar-refractivity contribution in [1.29, 1.82) is 0 Å². The average Bonchev–Trinajstić information content (AvgIpc) is 2.71. The van der Waals surface area contributed by atoms with Crippen LogP contribution in [-0.2, 0) is 22.7 Å². The maximum atomic E-state index is 12.4. The van der Waals surface area contributed by atoms with Gasteiger partial charge in [0.1, 0.15) is 17.7 Å². The molecule has 8 nitrogen and oxygen atoms in total. The van der Waals surface area contributed by atoms with Crippen LogP contribution in [0.15, 0.2) is 67.0 Å². The number of aryl methyl sites for hydroxylation is 1. The highest BCUT2D eigenvalue weighted by atomic mass is 79.9. The van der Waals surface area contributed by atoms with E-state index in [1.165, 1.54) is 6.07 Å². The van der Waals surface area contributed by atoms with Gasteiger partial charge in [-0.1, -0.05) is 33.3 Å². The van der Waals surface area contributed by atoms with Crippen molar-refractivity contribution in [3.63, 3.8) is 0 Å². The number of hydrogen-bond acceptors (Lipinski definition) is 7. The number of halogens is 1. The smallest absolute Gasteiger partial charge is 0.336 e. The van der Waals surface area contributed by atoms with Crippen molar-refractivity contribution in [2.45, 2.75) is 19.6 Å². The molecule has 9 heteroatoms. The van der Waals surface area contributed by atoms with Crippen LogP contribution in [0.3, 0.4) is 0 Å². The maximum Gasteiger partial charge on any atom is 0.336 e. The second-order valence-corrected chi connectivity index (χ2v) is 7.19. The van der Waals surface area contributed by atoms with Crippen LogP contribution in [0, 0.1) is 0 Å². The molecule has 2 heterocycles. The molecule has 0 amide bonds. The molecular weight excluding hydrogens is 442 g/mol. The molecular formula is C20H14BrN3O5. The molecule has 0 aliphatic carbocycles. The van der Waals surface area contributed by atoms with Crippen LogP contribution in [0.1, 0.15) is 12.0 Å². The van der Waals surface area contributed by atoms with Gasteiger partial charge in [0, 0.05) is 21.5 Å². The van der Waals surface area contributed by atoms with E-state index in [1.807, 2.05) is 0 Å². The molecule has 0 radical (unpaired) electrons. The molecule has 0 saturated heterocycles. The summed E-state index contributed by atoms with van der Waals surface area (Å²) in [5.41, 5.74) is 0.591. The van der Waals surface area contributed by atoms with Crippen molar-refractivity contribution < 1.29 is 13.9 Å². The van der Waals surface area contributed by atoms with E-state index >= 15 is 0 Å². The maximum absolute atomic E-state index is 12.4. The van der Waals surface area contributed by atoms with Gasteiger partial charge in [-0.25, -0.2) is 9.48 Å². The minimum Gasteiger partial charge on any atom is -0.461 e. The molecule has 29 heavy (non-hydrogen) atoms. The quantitative estimate of drug-likeness (QED) is 0.336. The first-order valence-corrected chi connectivity index (χ1v) is 9.51. The molecule has 2 aromatic heterocycles. The summed E-state index contributed by atoms with van der Waals surface area (Å²) in [7, 11) is 0. The fraction of sp³-hybridized carbons (Fsp3) is 0.150. The van der Waals surface area contributed by atoms with Crippen molar-refractivity contribution in [2.24, 2.45) is 0 Å². The lowest BCUT2D eigenvalue weighted by molar-refractivity contribution is -0.145. The lowest BCUT2D eigenvalue weighted by Gasteiger charge is -2.08. The number of hydrogen-bond donors (Lipinski definition) is 0. The molecule has 0 saturated carbocycles. The van der Waals surface area contributed by atoms with E-state index in [4.69, 9.17) is 9.15 Å². The first kappa shape index (κ1) is 19.0. The fourth-order valence-electron chi connectivity index (χ4n) is 2.92. The topological polar surface area (TPSA) is 104 Å². The lowest BCUT2D eigenvalue weighted by atomic mass is 10.1. The van der Waals surface area contributed by atoms with Gasteiger partial charge in [0.25, 0.3) is 5.56 Å². The van der Waals surface area contributed by atoms with Gasteiger partial charge in [0.2, 0.25) is 0 Å². The Kier molecular flexibility index (Phi) is 5.22. The van der Waals surface area contributed by atoms with E-state index in [0.717, 1.165) is 9.15 Å². The third-order valence-electron chi connectivity index (χ3n) is 4.34. The monoisotopic (exact) mass is 455 g/mol. The number of carbonyl (C=O) groups excluding carboxylic acids is 1. The highest BCUT2D eigenvalue weighted by Gasteiger charge is 2.11. The highest BCUT2D eigenvalue weighted by molar-refractivity contribution is 9.10. The second kappa shape index (κ2) is 7.96. The predicted molar refractivity (Wildman–Crippen MR) is 108 cm³/mol. The van der Waals surface area contributed by atoms with Crippen molar-refractivity contribution in [2.75, 3.05) is 0 Å². The van der Waals surface area contributed by atoms with Crippen LogP contribution < -0.4 is 11.2 Å². The first-order valence-electron chi connectivity index (χ1n) is 8.72. The van der Waals surface area contributed by atoms with Crippen LogP contribution in [0.5, 0.6) is 0 Å². The Labute approximate surface area is 171 Å². The van der Waals surface area contributed by atoms with Gasteiger partial charge in [0.05, 0.1) is 18.4 Å². The van der Waals surface area contributed by atoms with Crippen molar-refractivity contribution >= 4 is 43.8 Å². The molecule has 0 N–H and O–H groups in total. The standard InChI is InChI=1S/C20H14BrN3O5/c21-13-5-6-14-12(9-19(26)29-17(14)10-13)11-28-18(25)7-8-24-20(27)15-3-1-2-4-16(15)22-23-24/h1-6,9-10H,7-8,11H2. The van der Waals surface area contributed by atoms with Gasteiger partial charge in [-0.2, -0.15) is 0 Å². The predicted octanol–water partition coefficient (Wildman–Crippen LogP) is 2.79. The van der Waals surface area contributed by atoms with Crippen LogP contribution in [0.2, 0.25) is 0 Å². The lowest BCUT2D eigenvalue weighted by Crippen LogP contribution is -2.25. The van der Waals surface area contributed by atoms with Gasteiger partial charge in [-0.05, 0) is 30.3 Å². The second-order valence-electron chi connectivity index (χ2n) is 6.28. The fourth-order valence-corrected chi connectivity index (χ4v) is 3.26. The molecule has 4 aromatic rings. The van der Waals surface area contributed by atoms with Crippen molar-refractivity contribution in [1.82, 2.24) is 15.0 Å². The largest absolute Gasteiger partial charge is 0.461 e. The van der Waals surface area contributed by atoms with Crippen LogP contribution in [0.4, 0.5) is 0 Å². The number of rotatable bonds is 5. The summed E-state index contributed by atoms with van der Waals surface area (Å²) in [4.78, 5) is 36.3. The highest BCUT2D eigenvalue weighted by Crippen LogP contribution is 2.22. The summed E-state index contributed by atoms with van der Waals surface area (Å²) >= 11 is 3.32. The summed E-state index contributed by atoms with van der Waals surface area (Å²) in [6, 6.07) is 13.4. The summed E-state index contributed by atoms with van der Waals surface area (Å²) in [5.74, 6) is -0.523. The Hall–Kier alpha value is -3.33. The van der Waals surface area contributed by atoms with Gasteiger partial charge in [-0.3, -0.25) is 9.59 Å². The molecule has 0 aliphatic rings. The van der Waals surface area contributed by atoms with E-state index < -0.39 is 11.6 Å². The third-order valence-corrected chi connectivity index (χ3v) is 4.83. The van der Waals surface area contributed by atoms with Crippen LogP contribution in [-0.4, -0.2) is 21.0 Å². The van der Waals surface area contributed by atoms with E-state index in [2.05, 4.69) is 26.2 Å². The van der Waals surface area contributed by atoms with E-state index in [0.29, 0.717) is 27.4 Å². The number of nitrogens with zero attached hydrogens (tertiary/aromatic N) is 3. The molecule has 0 atom stereocenters. The number of ether oxygens (including phenoxy) is 1. The first-order chi connectivity index (χ1) is 14.0. The van der Waals surface area contributed by atoms with Crippen molar-refractivity contribution in [3.8, 4) is 0 Å². The minimum atomic E-state index is -0.528. The van der Waals surface area contributed by atoms with Crippen LogP contribution in [0.25, 0.3) is 21.9 Å². The number of fused-ring (bicyclic) bond motifs is 2. The third kappa shape index (κ3) is 4.09. The minimum absolute atomic E-state index is 0.0418. The molecule has 0 unspecified atom stereocenters. The normalized spacial score (nSPS) is 11.1. The van der Waals surface area contributed by atoms with E-state index in [1.54, 1.807) is 42.5 Å². The molecule has 4 rings (SSSR count). The van der Waals surface area contributed by atoms with Gasteiger partial charge in [0.15, 0.2) is 0 Å². The summed E-state index contributed by atoms with van der Waals surface area (Å²) in [6.07, 6.45) is -0.0577. The summed E-state index contributed by atoms with van der Waals surface area (Å²) < 4.78 is 12.3. The number of aromatic nitrogens is 3. The summed E-state index contributed by atoms with van der Waals surface area (Å²) in [5, 5.41) is 8.93. The molecule has 0 spiro atoms. The molecule has 0 bridgehead atoms. The van der Waals surface area contributed by atoms with E-state index in [9.17, 15) is 14.4 Å². The number of benzene rings is 2. The molecule has 0 aliphatic heterocycles. The summed E-state index contributed by atoms with van der Waals surface area (Å²) in [6.45, 7) is -0.0407. The number of carbonyl (C=O) groups is 1. The van der Waals surface area contributed by atoms with E-state index in [-0.39, 0.29) is 25.1 Å².